The fraction of sp³-hybridized carbons (Fsp3) is 0.423. The molecular formula is C26H31N5O7. The molecule has 0 unspecified atom stereocenters. The Morgan fingerprint density at radius 3 is 2.66 bits per heavy atom. The maximum atomic E-state index is 12.7. The second-order valence-electron chi connectivity index (χ2n) is 8.34. The largest absolute Gasteiger partial charge is 0.490 e. The van der Waals surface area contributed by atoms with Crippen LogP contribution < -0.4 is 20.5 Å². The lowest BCUT2D eigenvalue weighted by atomic mass is 10.1. The molecule has 1 N–H and O–H groups in total. The molecule has 1 aliphatic heterocycles. The quantitative estimate of drug-likeness (QED) is 0.337. The summed E-state index contributed by atoms with van der Waals surface area (Å²) < 4.78 is 22.9. The number of hydrogen-bond donors (Lipinski definition) is 1. The zero-order valence-electron chi connectivity index (χ0n) is 21.7. The summed E-state index contributed by atoms with van der Waals surface area (Å²) in [5.41, 5.74) is 3.35. The van der Waals surface area contributed by atoms with Crippen molar-refractivity contribution in [1.82, 2.24) is 14.9 Å². The minimum absolute atomic E-state index is 0.0637. The predicted molar refractivity (Wildman–Crippen MR) is 137 cm³/mol. The average Bonchev–Trinajstić information content (AvgIpc) is 2.91. The molecule has 2 amide bonds. The van der Waals surface area contributed by atoms with E-state index < -0.39 is 11.5 Å². The third-order valence-corrected chi connectivity index (χ3v) is 5.69. The van der Waals surface area contributed by atoms with Crippen LogP contribution in [-0.4, -0.2) is 74.1 Å². The number of benzene rings is 1. The van der Waals surface area contributed by atoms with Crippen LogP contribution in [-0.2, 0) is 32.2 Å². The van der Waals surface area contributed by atoms with Crippen LogP contribution in [0.5, 0.6) is 11.5 Å². The number of methoxy groups -OCH3 is 1. The molecule has 0 atom stereocenters. The number of amides is 2. The maximum absolute atomic E-state index is 12.7. The van der Waals surface area contributed by atoms with Crippen molar-refractivity contribution in [3.63, 3.8) is 0 Å². The first kappa shape index (κ1) is 28.4. The molecule has 2 aromatic rings. The third kappa shape index (κ3) is 7.41. The molecule has 0 spiro atoms. The van der Waals surface area contributed by atoms with Crippen LogP contribution in [0, 0.1) is 18.3 Å². The van der Waals surface area contributed by atoms with Crippen molar-refractivity contribution < 1.29 is 28.5 Å². The molecule has 1 aromatic heterocycles. The molecule has 0 saturated carbocycles. The number of morpholine rings is 1. The molecule has 2 heterocycles. The molecule has 38 heavy (non-hydrogen) atoms. The van der Waals surface area contributed by atoms with Gasteiger partial charge in [-0.05, 0) is 43.7 Å². The Labute approximate surface area is 220 Å². The van der Waals surface area contributed by atoms with Gasteiger partial charge in [-0.15, -0.1) is 0 Å². The summed E-state index contributed by atoms with van der Waals surface area (Å²) in [5.74, 6) is 0.171. The van der Waals surface area contributed by atoms with Crippen molar-refractivity contribution in [2.75, 3.05) is 46.6 Å². The second kappa shape index (κ2) is 13.9. The molecule has 1 saturated heterocycles. The number of carbonyl (C=O) groups is 2. The first-order valence-corrected chi connectivity index (χ1v) is 12.1. The number of hydrogen-bond acceptors (Lipinski definition) is 9. The Kier molecular flexibility index (Phi) is 10.4. The molecular weight excluding hydrogens is 494 g/mol. The van der Waals surface area contributed by atoms with Crippen molar-refractivity contribution in [2.24, 2.45) is 5.10 Å². The molecule has 0 bridgehead atoms. The van der Waals surface area contributed by atoms with E-state index in [1.807, 2.05) is 13.0 Å². The minimum atomic E-state index is -0.567. The van der Waals surface area contributed by atoms with Gasteiger partial charge in [0.1, 0.15) is 18.2 Å². The number of aryl methyl sites for hydroxylation is 1. The zero-order chi connectivity index (χ0) is 27.5. The van der Waals surface area contributed by atoms with E-state index in [1.54, 1.807) is 36.1 Å². The highest BCUT2D eigenvalue weighted by atomic mass is 16.5. The lowest BCUT2D eigenvalue weighted by molar-refractivity contribution is -0.137. The molecule has 1 fully saturated rings. The molecule has 0 radical (unpaired) electrons. The summed E-state index contributed by atoms with van der Waals surface area (Å²) in [4.78, 5) is 39.2. The molecule has 1 aromatic carbocycles. The van der Waals surface area contributed by atoms with Crippen LogP contribution in [0.4, 0.5) is 0 Å². The highest BCUT2D eigenvalue weighted by Gasteiger charge is 2.18. The Bertz CT molecular complexity index is 1280. The van der Waals surface area contributed by atoms with Crippen LogP contribution in [0.1, 0.15) is 29.3 Å². The predicted octanol–water partition coefficient (Wildman–Crippen LogP) is 0.961. The van der Waals surface area contributed by atoms with Gasteiger partial charge in [-0.3, -0.25) is 14.4 Å². The lowest BCUT2D eigenvalue weighted by Crippen LogP contribution is -2.43. The van der Waals surface area contributed by atoms with Gasteiger partial charge < -0.3 is 28.4 Å². The van der Waals surface area contributed by atoms with Gasteiger partial charge in [0.05, 0.1) is 32.6 Å². The van der Waals surface area contributed by atoms with Gasteiger partial charge in [0.2, 0.25) is 0 Å². The topological polar surface area (TPSA) is 144 Å². The van der Waals surface area contributed by atoms with Crippen molar-refractivity contribution in [2.45, 2.75) is 27.0 Å². The summed E-state index contributed by atoms with van der Waals surface area (Å²) in [5, 5.41) is 13.3. The van der Waals surface area contributed by atoms with Gasteiger partial charge in [-0.25, -0.2) is 5.43 Å². The average molecular weight is 526 g/mol. The van der Waals surface area contributed by atoms with Gasteiger partial charge in [0, 0.05) is 31.5 Å². The van der Waals surface area contributed by atoms with Crippen LogP contribution in [0.25, 0.3) is 0 Å². The fourth-order valence-corrected chi connectivity index (χ4v) is 3.81. The van der Waals surface area contributed by atoms with Crippen LogP contribution in [0.3, 0.4) is 0 Å². The summed E-state index contributed by atoms with van der Waals surface area (Å²) in [7, 11) is 1.47. The Hall–Kier alpha value is -4.21. The number of pyridine rings is 1. The molecule has 3 rings (SSSR count). The van der Waals surface area contributed by atoms with E-state index in [9.17, 15) is 19.6 Å². The second-order valence-corrected chi connectivity index (χ2v) is 8.34. The highest BCUT2D eigenvalue weighted by molar-refractivity contribution is 5.83. The summed E-state index contributed by atoms with van der Waals surface area (Å²) in [6, 6.07) is 8.57. The van der Waals surface area contributed by atoms with Crippen LogP contribution >= 0.6 is 0 Å². The first-order valence-electron chi connectivity index (χ1n) is 12.1. The van der Waals surface area contributed by atoms with Crippen molar-refractivity contribution >= 4 is 18.0 Å². The van der Waals surface area contributed by atoms with E-state index in [2.05, 4.69) is 10.5 Å². The summed E-state index contributed by atoms with van der Waals surface area (Å²) in [6.45, 7) is 5.67. The number of nitriles is 1. The molecule has 0 aliphatic carbocycles. The van der Waals surface area contributed by atoms with E-state index in [4.69, 9.17) is 18.9 Å². The number of nitrogens with zero attached hydrogens (tertiary/aromatic N) is 4. The molecule has 202 valence electrons. The normalized spacial score (nSPS) is 13.3. The smallest absolute Gasteiger partial charge is 0.269 e. The maximum Gasteiger partial charge on any atom is 0.269 e. The number of ether oxygens (including phenoxy) is 4. The fourth-order valence-electron chi connectivity index (χ4n) is 3.81. The lowest BCUT2D eigenvalue weighted by Gasteiger charge is -2.26. The first-order chi connectivity index (χ1) is 18.4. The third-order valence-electron chi connectivity index (χ3n) is 5.69. The van der Waals surface area contributed by atoms with Gasteiger partial charge >= 0.3 is 0 Å². The zero-order valence-corrected chi connectivity index (χ0v) is 21.7. The van der Waals surface area contributed by atoms with Crippen LogP contribution in [0.15, 0.2) is 34.2 Å². The number of rotatable bonds is 11. The van der Waals surface area contributed by atoms with Gasteiger partial charge in [0.15, 0.2) is 18.1 Å². The summed E-state index contributed by atoms with van der Waals surface area (Å²) in [6.07, 6.45) is 1.42. The molecule has 12 nitrogen and oxygen atoms in total. The Morgan fingerprint density at radius 2 is 1.97 bits per heavy atom. The number of aromatic nitrogens is 1. The van der Waals surface area contributed by atoms with Crippen molar-refractivity contribution in [3.8, 4) is 17.6 Å². The van der Waals surface area contributed by atoms with E-state index in [1.165, 1.54) is 17.9 Å². The van der Waals surface area contributed by atoms with Gasteiger partial charge in [0.25, 0.3) is 17.4 Å². The van der Waals surface area contributed by atoms with E-state index in [0.29, 0.717) is 61.2 Å². The highest BCUT2D eigenvalue weighted by Crippen LogP contribution is 2.28. The van der Waals surface area contributed by atoms with Gasteiger partial charge in [-0.2, -0.15) is 10.4 Å². The van der Waals surface area contributed by atoms with Crippen LogP contribution in [0.2, 0.25) is 0 Å². The standard InChI is InChI=1S/C26H31N5O7/c1-4-37-23-12-19(5-6-22(23)38-17-25(33)30-7-9-36-10-8-30)14-28-29-24(32)15-31-18(2)11-20(16-35-3)21(13-27)26(31)34/h5-6,11-12,14H,4,7-10,15-17H2,1-3H3,(H,29,32)/b28-14-. The monoisotopic (exact) mass is 525 g/mol. The summed E-state index contributed by atoms with van der Waals surface area (Å²) >= 11 is 0. The minimum Gasteiger partial charge on any atom is -0.490 e. The number of nitrogens with one attached hydrogen (secondary N) is 1. The number of hydrazone groups is 1. The molecule has 1 aliphatic rings. The van der Waals surface area contributed by atoms with E-state index >= 15 is 0 Å². The number of carbonyl (C=O) groups excluding carboxylic acids is 2. The van der Waals surface area contributed by atoms with E-state index in [0.717, 1.165) is 0 Å². The Morgan fingerprint density at radius 1 is 1.21 bits per heavy atom. The van der Waals surface area contributed by atoms with Crippen molar-refractivity contribution in [1.29, 1.82) is 5.26 Å². The van der Waals surface area contributed by atoms with E-state index in [-0.39, 0.29) is 31.2 Å². The van der Waals surface area contributed by atoms with Crippen molar-refractivity contribution in [3.05, 3.63) is 57.0 Å². The Balaban J connectivity index is 1.63. The van der Waals surface area contributed by atoms with Gasteiger partial charge in [-0.1, -0.05) is 0 Å². The molecule has 12 heteroatoms. The SMILES string of the molecule is CCOc1cc(/C=N\NC(=O)Cn2c(C)cc(COC)c(C#N)c2=O)ccc1OCC(=O)N1CCOCC1.